The molecule has 0 spiro atoms. The van der Waals surface area contributed by atoms with Crippen molar-refractivity contribution < 1.29 is 18.7 Å². The molecule has 19 heavy (non-hydrogen) atoms. The second kappa shape index (κ2) is 4.18. The molecule has 1 heterocycles. The van der Waals surface area contributed by atoms with E-state index in [4.69, 9.17) is 0 Å². The van der Waals surface area contributed by atoms with Crippen LogP contribution in [-0.4, -0.2) is 24.2 Å². The number of aliphatic carboxylic acids is 1. The molecule has 2 aliphatic rings. The van der Waals surface area contributed by atoms with Gasteiger partial charge in [-0.2, -0.15) is 0 Å². The monoisotopic (exact) mass is 267 g/mol. The van der Waals surface area contributed by atoms with Crippen LogP contribution in [-0.2, 0) is 10.2 Å². The van der Waals surface area contributed by atoms with Crippen molar-refractivity contribution in [2.75, 3.05) is 18.0 Å². The fraction of sp³-hybridized carbons (Fsp3) is 0.500. The molecular formula is C14H15F2NO2. The number of anilines is 1. The van der Waals surface area contributed by atoms with Gasteiger partial charge in [0.25, 0.3) is 0 Å². The van der Waals surface area contributed by atoms with Gasteiger partial charge in [0.05, 0.1) is 5.41 Å². The van der Waals surface area contributed by atoms with Crippen LogP contribution in [0.2, 0.25) is 0 Å². The SMILES string of the molecule is O=C(O)C1(c2cc(F)c(F)cc2N2CCCC2)CC1. The fourth-order valence-corrected chi connectivity index (χ4v) is 2.86. The molecule has 1 aromatic rings. The molecule has 5 heteroatoms. The largest absolute Gasteiger partial charge is 0.481 e. The van der Waals surface area contributed by atoms with Crippen LogP contribution in [0.4, 0.5) is 14.5 Å². The third-order valence-corrected chi connectivity index (χ3v) is 4.16. The third-order valence-electron chi connectivity index (χ3n) is 4.16. The van der Waals surface area contributed by atoms with Gasteiger partial charge < -0.3 is 10.0 Å². The highest BCUT2D eigenvalue weighted by atomic mass is 19.2. The predicted octanol–water partition coefficient (Wildman–Crippen LogP) is 2.68. The van der Waals surface area contributed by atoms with E-state index in [9.17, 15) is 18.7 Å². The first kappa shape index (κ1) is 12.4. The highest BCUT2D eigenvalue weighted by Gasteiger charge is 2.53. The van der Waals surface area contributed by atoms with Gasteiger partial charge in [-0.15, -0.1) is 0 Å². The zero-order chi connectivity index (χ0) is 13.6. The van der Waals surface area contributed by atoms with Crippen LogP contribution in [0.5, 0.6) is 0 Å². The molecule has 102 valence electrons. The summed E-state index contributed by atoms with van der Waals surface area (Å²) in [6, 6.07) is 2.23. The van der Waals surface area contributed by atoms with Crippen LogP contribution in [0.15, 0.2) is 12.1 Å². The molecule has 1 N–H and O–H groups in total. The first-order valence-corrected chi connectivity index (χ1v) is 6.52. The molecule has 0 atom stereocenters. The fourth-order valence-electron chi connectivity index (χ4n) is 2.86. The molecule has 3 nitrogen and oxygen atoms in total. The quantitative estimate of drug-likeness (QED) is 0.915. The molecule has 3 rings (SSSR count). The molecule has 1 saturated heterocycles. The highest BCUT2D eigenvalue weighted by Crippen LogP contribution is 2.52. The lowest BCUT2D eigenvalue weighted by Gasteiger charge is -2.24. The van der Waals surface area contributed by atoms with Crippen molar-refractivity contribution in [1.82, 2.24) is 0 Å². The summed E-state index contributed by atoms with van der Waals surface area (Å²) in [5.41, 5.74) is -0.0241. The van der Waals surface area contributed by atoms with E-state index >= 15 is 0 Å². The number of halogens is 2. The standard InChI is InChI=1S/C14H15F2NO2/c15-10-7-9(14(3-4-14)13(18)19)12(8-11(10)16)17-5-1-2-6-17/h7-8H,1-6H2,(H,18,19). The lowest BCUT2D eigenvalue weighted by Crippen LogP contribution is -2.26. The molecule has 0 amide bonds. The Bertz CT molecular complexity index is 534. The van der Waals surface area contributed by atoms with E-state index in [0.29, 0.717) is 24.1 Å². The maximum Gasteiger partial charge on any atom is 0.314 e. The average Bonchev–Trinajstić information content (AvgIpc) is 3.01. The van der Waals surface area contributed by atoms with Gasteiger partial charge >= 0.3 is 5.97 Å². The molecule has 0 radical (unpaired) electrons. The Labute approximate surface area is 109 Å². The van der Waals surface area contributed by atoms with Crippen molar-refractivity contribution in [2.24, 2.45) is 0 Å². The van der Waals surface area contributed by atoms with E-state index in [-0.39, 0.29) is 0 Å². The maximum atomic E-state index is 13.5. The van der Waals surface area contributed by atoms with Crippen LogP contribution in [0.3, 0.4) is 0 Å². The topological polar surface area (TPSA) is 40.5 Å². The van der Waals surface area contributed by atoms with Crippen LogP contribution in [0.1, 0.15) is 31.2 Å². The van der Waals surface area contributed by atoms with E-state index < -0.39 is 23.0 Å². The highest BCUT2D eigenvalue weighted by molar-refractivity contribution is 5.87. The first-order chi connectivity index (χ1) is 9.04. The summed E-state index contributed by atoms with van der Waals surface area (Å²) in [7, 11) is 0. The molecular weight excluding hydrogens is 252 g/mol. The smallest absolute Gasteiger partial charge is 0.314 e. The van der Waals surface area contributed by atoms with Gasteiger partial charge in [-0.3, -0.25) is 4.79 Å². The number of carboxylic acids is 1. The number of hydrogen-bond acceptors (Lipinski definition) is 2. The molecule has 2 fully saturated rings. The average molecular weight is 267 g/mol. The number of rotatable bonds is 3. The van der Waals surface area contributed by atoms with Gasteiger partial charge in [-0.05, 0) is 37.3 Å². The first-order valence-electron chi connectivity index (χ1n) is 6.52. The number of carboxylic acid groups (broad SMARTS) is 1. The maximum absolute atomic E-state index is 13.5. The van der Waals surface area contributed by atoms with Gasteiger partial charge in [-0.1, -0.05) is 0 Å². The summed E-state index contributed by atoms with van der Waals surface area (Å²) >= 11 is 0. The van der Waals surface area contributed by atoms with Gasteiger partial charge in [0.1, 0.15) is 0 Å². The molecule has 1 aromatic carbocycles. The number of nitrogens with zero attached hydrogens (tertiary/aromatic N) is 1. The minimum absolute atomic E-state index is 0.431. The predicted molar refractivity (Wildman–Crippen MR) is 66.4 cm³/mol. The van der Waals surface area contributed by atoms with Crippen molar-refractivity contribution in [3.8, 4) is 0 Å². The Balaban J connectivity index is 2.11. The number of carbonyl (C=O) groups is 1. The lowest BCUT2D eigenvalue weighted by molar-refractivity contribution is -0.140. The van der Waals surface area contributed by atoms with Gasteiger partial charge in [0, 0.05) is 24.8 Å². The van der Waals surface area contributed by atoms with E-state index in [1.807, 2.05) is 4.90 Å². The van der Waals surface area contributed by atoms with Crippen LogP contribution in [0, 0.1) is 11.6 Å². The molecule has 0 aromatic heterocycles. The van der Waals surface area contributed by atoms with E-state index in [0.717, 1.165) is 38.1 Å². The Kier molecular flexibility index (Phi) is 2.73. The number of benzene rings is 1. The normalized spacial score (nSPS) is 20.6. The Hall–Kier alpha value is -1.65. The Morgan fingerprint density at radius 1 is 1.16 bits per heavy atom. The lowest BCUT2D eigenvalue weighted by atomic mass is 9.93. The van der Waals surface area contributed by atoms with E-state index in [1.165, 1.54) is 0 Å². The minimum Gasteiger partial charge on any atom is -0.481 e. The van der Waals surface area contributed by atoms with Crippen LogP contribution in [0.25, 0.3) is 0 Å². The van der Waals surface area contributed by atoms with Crippen LogP contribution < -0.4 is 4.90 Å². The zero-order valence-corrected chi connectivity index (χ0v) is 10.5. The molecule has 0 unspecified atom stereocenters. The molecule has 1 aliphatic carbocycles. The minimum atomic E-state index is -1.01. The Morgan fingerprint density at radius 2 is 1.74 bits per heavy atom. The van der Waals surface area contributed by atoms with Crippen molar-refractivity contribution in [1.29, 1.82) is 0 Å². The van der Waals surface area contributed by atoms with Crippen molar-refractivity contribution in [2.45, 2.75) is 31.1 Å². The molecule has 1 aliphatic heterocycles. The van der Waals surface area contributed by atoms with E-state index in [1.54, 1.807) is 0 Å². The van der Waals surface area contributed by atoms with Gasteiger partial charge in [0.15, 0.2) is 11.6 Å². The summed E-state index contributed by atoms with van der Waals surface area (Å²) in [5, 5.41) is 9.35. The van der Waals surface area contributed by atoms with Crippen molar-refractivity contribution in [3.05, 3.63) is 29.3 Å². The van der Waals surface area contributed by atoms with Crippen molar-refractivity contribution in [3.63, 3.8) is 0 Å². The summed E-state index contributed by atoms with van der Waals surface area (Å²) in [5.74, 6) is -2.82. The zero-order valence-electron chi connectivity index (χ0n) is 10.5. The second-order valence-electron chi connectivity index (χ2n) is 5.36. The summed E-state index contributed by atoms with van der Waals surface area (Å²) < 4.78 is 27.0. The second-order valence-corrected chi connectivity index (χ2v) is 5.36. The van der Waals surface area contributed by atoms with Crippen LogP contribution >= 0.6 is 0 Å². The molecule has 0 bridgehead atoms. The molecule has 1 saturated carbocycles. The summed E-state index contributed by atoms with van der Waals surface area (Å²) in [6.45, 7) is 1.54. The van der Waals surface area contributed by atoms with E-state index in [2.05, 4.69) is 0 Å². The third kappa shape index (κ3) is 1.88. The summed E-state index contributed by atoms with van der Waals surface area (Å²) in [6.07, 6.45) is 2.99. The summed E-state index contributed by atoms with van der Waals surface area (Å²) in [4.78, 5) is 13.4. The van der Waals surface area contributed by atoms with Gasteiger partial charge in [-0.25, -0.2) is 8.78 Å². The van der Waals surface area contributed by atoms with Gasteiger partial charge in [0.2, 0.25) is 0 Å². The number of hydrogen-bond donors (Lipinski definition) is 1. The van der Waals surface area contributed by atoms with Crippen molar-refractivity contribution >= 4 is 11.7 Å². The Morgan fingerprint density at radius 3 is 2.26 bits per heavy atom.